The van der Waals surface area contributed by atoms with E-state index in [0.29, 0.717) is 0 Å². The Balaban J connectivity index is 1.48. The molecular weight excluding hydrogens is 344 g/mol. The lowest BCUT2D eigenvalue weighted by molar-refractivity contribution is 0.645. The van der Waals surface area contributed by atoms with Crippen LogP contribution in [0.25, 0.3) is 28.1 Å². The van der Waals surface area contributed by atoms with Crippen LogP contribution in [-0.4, -0.2) is 16.1 Å². The SMILES string of the molecule is C=C1NCc2ccc(-c3nc4cc(NCC5CC5)cc5c4n3CCCC5)cc21. The highest BCUT2D eigenvalue weighted by molar-refractivity contribution is 5.87. The van der Waals surface area contributed by atoms with Crippen LogP contribution >= 0.6 is 0 Å². The van der Waals surface area contributed by atoms with Crippen molar-refractivity contribution in [3.8, 4) is 11.4 Å². The van der Waals surface area contributed by atoms with Gasteiger partial charge in [-0.3, -0.25) is 0 Å². The van der Waals surface area contributed by atoms with Crippen molar-refractivity contribution in [3.05, 3.63) is 53.6 Å². The maximum Gasteiger partial charge on any atom is 0.141 e. The standard InChI is InChI=1S/C24H26N4/c1-15-21-11-18(7-8-19(21)14-25-15)24-27-22-12-20(26-13-16-5-6-16)10-17-4-2-3-9-28(24)23(17)22/h7-8,10-12,16,25-26H,1-6,9,13-14H2. The molecule has 0 atom stereocenters. The number of fused-ring (bicyclic) bond motifs is 1. The van der Waals surface area contributed by atoms with Crippen molar-refractivity contribution >= 4 is 22.4 Å². The van der Waals surface area contributed by atoms with Gasteiger partial charge in [-0.25, -0.2) is 4.98 Å². The summed E-state index contributed by atoms with van der Waals surface area (Å²) < 4.78 is 2.45. The smallest absolute Gasteiger partial charge is 0.141 e. The molecule has 0 saturated heterocycles. The average Bonchev–Trinajstić information content (AvgIpc) is 3.42. The van der Waals surface area contributed by atoms with E-state index < -0.39 is 0 Å². The van der Waals surface area contributed by atoms with Gasteiger partial charge in [-0.05, 0) is 67.3 Å². The van der Waals surface area contributed by atoms with Crippen molar-refractivity contribution in [2.24, 2.45) is 5.92 Å². The molecule has 2 aromatic carbocycles. The van der Waals surface area contributed by atoms with E-state index >= 15 is 0 Å². The molecule has 28 heavy (non-hydrogen) atoms. The first-order chi connectivity index (χ1) is 13.8. The van der Waals surface area contributed by atoms with E-state index in [1.54, 1.807) is 0 Å². The zero-order chi connectivity index (χ0) is 18.7. The summed E-state index contributed by atoms with van der Waals surface area (Å²) in [6, 6.07) is 11.3. The quantitative estimate of drug-likeness (QED) is 0.684. The number of nitrogens with zero attached hydrogens (tertiary/aromatic N) is 2. The molecule has 3 aliphatic rings. The average molecular weight is 371 g/mol. The van der Waals surface area contributed by atoms with Gasteiger partial charge in [0.15, 0.2) is 0 Å². The molecule has 0 bridgehead atoms. The van der Waals surface area contributed by atoms with Gasteiger partial charge in [-0.2, -0.15) is 0 Å². The van der Waals surface area contributed by atoms with E-state index in [1.807, 2.05) is 0 Å². The number of benzene rings is 2. The van der Waals surface area contributed by atoms with Crippen LogP contribution in [0.15, 0.2) is 36.9 Å². The second-order valence-electron chi connectivity index (χ2n) is 8.58. The van der Waals surface area contributed by atoms with E-state index in [4.69, 9.17) is 4.98 Å². The summed E-state index contributed by atoms with van der Waals surface area (Å²) in [6.07, 6.45) is 6.34. The molecule has 4 heteroatoms. The fraction of sp³-hybridized carbons (Fsp3) is 0.375. The molecule has 1 aliphatic carbocycles. The summed E-state index contributed by atoms with van der Waals surface area (Å²) >= 11 is 0. The van der Waals surface area contributed by atoms with E-state index in [-0.39, 0.29) is 0 Å². The zero-order valence-corrected chi connectivity index (χ0v) is 16.2. The number of anilines is 1. The molecule has 0 spiro atoms. The fourth-order valence-corrected chi connectivity index (χ4v) is 4.70. The third-order valence-corrected chi connectivity index (χ3v) is 6.48. The van der Waals surface area contributed by atoms with Crippen molar-refractivity contribution in [2.45, 2.75) is 45.2 Å². The van der Waals surface area contributed by atoms with Gasteiger partial charge >= 0.3 is 0 Å². The number of nitrogens with one attached hydrogen (secondary N) is 2. The summed E-state index contributed by atoms with van der Waals surface area (Å²) in [4.78, 5) is 5.12. The Bertz CT molecular complexity index is 1100. The van der Waals surface area contributed by atoms with Crippen molar-refractivity contribution in [3.63, 3.8) is 0 Å². The van der Waals surface area contributed by atoms with Crippen molar-refractivity contribution in [1.29, 1.82) is 0 Å². The van der Waals surface area contributed by atoms with Crippen molar-refractivity contribution in [1.82, 2.24) is 14.9 Å². The first kappa shape index (κ1) is 16.2. The molecule has 6 rings (SSSR count). The lowest BCUT2D eigenvalue weighted by Gasteiger charge is -2.10. The predicted octanol–water partition coefficient (Wildman–Crippen LogP) is 4.94. The van der Waals surface area contributed by atoms with E-state index in [2.05, 4.69) is 52.1 Å². The Hall–Kier alpha value is -2.75. The summed E-state index contributed by atoms with van der Waals surface area (Å²) in [6.45, 7) is 7.18. The monoisotopic (exact) mass is 370 g/mol. The van der Waals surface area contributed by atoms with Gasteiger partial charge in [-0.1, -0.05) is 18.7 Å². The molecular formula is C24H26N4. The lowest BCUT2D eigenvalue weighted by Crippen LogP contribution is -2.04. The first-order valence-corrected chi connectivity index (χ1v) is 10.6. The van der Waals surface area contributed by atoms with Crippen LogP contribution in [0.4, 0.5) is 5.69 Å². The lowest BCUT2D eigenvalue weighted by atomic mass is 10.0. The second kappa shape index (κ2) is 6.13. The van der Waals surface area contributed by atoms with Gasteiger partial charge in [0.05, 0.1) is 11.0 Å². The van der Waals surface area contributed by atoms with E-state index in [9.17, 15) is 0 Å². The predicted molar refractivity (Wildman–Crippen MR) is 115 cm³/mol. The molecule has 0 unspecified atom stereocenters. The highest BCUT2D eigenvalue weighted by Gasteiger charge is 2.23. The zero-order valence-electron chi connectivity index (χ0n) is 16.2. The number of aromatic nitrogens is 2. The first-order valence-electron chi connectivity index (χ1n) is 10.6. The van der Waals surface area contributed by atoms with Gasteiger partial charge in [0.25, 0.3) is 0 Å². The third-order valence-electron chi connectivity index (χ3n) is 6.48. The largest absolute Gasteiger partial charge is 0.385 e. The Morgan fingerprint density at radius 2 is 2.07 bits per heavy atom. The second-order valence-corrected chi connectivity index (χ2v) is 8.58. The summed E-state index contributed by atoms with van der Waals surface area (Å²) in [5, 5.41) is 7.01. The number of hydrogen-bond donors (Lipinski definition) is 2. The van der Waals surface area contributed by atoms with Crippen molar-refractivity contribution in [2.75, 3.05) is 11.9 Å². The molecule has 3 aromatic rings. The summed E-state index contributed by atoms with van der Waals surface area (Å²) in [5.41, 5.74) is 9.92. The minimum absolute atomic E-state index is 0.871. The van der Waals surface area contributed by atoms with Gasteiger partial charge in [-0.15, -0.1) is 0 Å². The van der Waals surface area contributed by atoms with Gasteiger partial charge in [0.2, 0.25) is 0 Å². The third kappa shape index (κ3) is 2.62. The molecule has 1 saturated carbocycles. The maximum atomic E-state index is 5.12. The van der Waals surface area contributed by atoms with Crippen LogP contribution in [0.3, 0.4) is 0 Å². The molecule has 4 nitrogen and oxygen atoms in total. The molecule has 2 N–H and O–H groups in total. The Morgan fingerprint density at radius 1 is 1.14 bits per heavy atom. The minimum atomic E-state index is 0.871. The Labute approximate surface area is 165 Å². The van der Waals surface area contributed by atoms with Gasteiger partial charge in [0.1, 0.15) is 5.82 Å². The van der Waals surface area contributed by atoms with Crippen molar-refractivity contribution < 1.29 is 0 Å². The number of imidazole rings is 1. The maximum absolute atomic E-state index is 5.12. The van der Waals surface area contributed by atoms with Crippen LogP contribution in [0.1, 0.15) is 42.4 Å². The Morgan fingerprint density at radius 3 is 2.96 bits per heavy atom. The number of hydrogen-bond acceptors (Lipinski definition) is 3. The van der Waals surface area contributed by atoms with Crippen LogP contribution in [0, 0.1) is 5.92 Å². The molecule has 1 fully saturated rings. The van der Waals surface area contributed by atoms with Crippen LogP contribution < -0.4 is 10.6 Å². The summed E-state index contributed by atoms with van der Waals surface area (Å²) in [7, 11) is 0. The number of rotatable bonds is 4. The molecule has 0 amide bonds. The van der Waals surface area contributed by atoms with Crippen LogP contribution in [0.5, 0.6) is 0 Å². The highest BCUT2D eigenvalue weighted by atomic mass is 15.1. The normalized spacial score (nSPS) is 18.1. The van der Waals surface area contributed by atoms with E-state index in [0.717, 1.165) is 49.0 Å². The molecule has 3 heterocycles. The van der Waals surface area contributed by atoms with Crippen LogP contribution in [-0.2, 0) is 19.5 Å². The number of aryl methyl sites for hydroxylation is 2. The van der Waals surface area contributed by atoms with Gasteiger partial charge < -0.3 is 15.2 Å². The topological polar surface area (TPSA) is 41.9 Å². The Kier molecular flexibility index (Phi) is 3.55. The molecule has 0 radical (unpaired) electrons. The molecule has 1 aromatic heterocycles. The molecule has 142 valence electrons. The van der Waals surface area contributed by atoms with Gasteiger partial charge in [0, 0.05) is 42.1 Å². The fourth-order valence-electron chi connectivity index (χ4n) is 4.70. The minimum Gasteiger partial charge on any atom is -0.385 e. The van der Waals surface area contributed by atoms with Crippen LogP contribution in [0.2, 0.25) is 0 Å². The van der Waals surface area contributed by atoms with E-state index in [1.165, 1.54) is 59.1 Å². The summed E-state index contributed by atoms with van der Waals surface area (Å²) in [5.74, 6) is 1.97. The highest BCUT2D eigenvalue weighted by Crippen LogP contribution is 2.35. The molecule has 2 aliphatic heterocycles.